The Hall–Kier alpha value is -5.30. The van der Waals surface area contributed by atoms with E-state index in [1.807, 2.05) is 48.5 Å². The van der Waals surface area contributed by atoms with Crippen molar-refractivity contribution in [2.24, 2.45) is 0 Å². The molecule has 61 heavy (non-hydrogen) atoms. The first-order chi connectivity index (χ1) is 29.0. The van der Waals surface area contributed by atoms with Gasteiger partial charge in [0.1, 0.15) is 0 Å². The Morgan fingerprint density at radius 3 is 0.754 bits per heavy atom. The summed E-state index contributed by atoms with van der Waals surface area (Å²) in [7, 11) is 0. The molecule has 4 aromatic carbocycles. The number of benzene rings is 4. The zero-order chi connectivity index (χ0) is 41.7. The van der Waals surface area contributed by atoms with Crippen LogP contribution in [-0.2, 0) is 19.5 Å². The van der Waals surface area contributed by atoms with Crippen LogP contribution in [0, 0.1) is 0 Å². The van der Waals surface area contributed by atoms with E-state index in [-0.39, 0.29) is 114 Å². The molecular formula is C48H46N4O8Zn. The molecule has 12 nitrogen and oxygen atoms in total. The Balaban J connectivity index is 0.00000514. The molecule has 5 heterocycles. The zero-order valence-electron chi connectivity index (χ0n) is 33.3. The van der Waals surface area contributed by atoms with E-state index >= 15 is 0 Å². The van der Waals surface area contributed by atoms with Gasteiger partial charge in [-0.1, -0.05) is 98.5 Å². The Bertz CT molecular complexity index is 2010. The molecule has 5 aliphatic rings. The van der Waals surface area contributed by atoms with Crippen LogP contribution in [0.2, 0.25) is 0 Å². The molecular weight excluding hydrogens is 826 g/mol. The number of nitrogens with one attached hydrogen (secondary N) is 2. The summed E-state index contributed by atoms with van der Waals surface area (Å²) in [4.78, 5) is 47.5. The van der Waals surface area contributed by atoms with Crippen LogP contribution in [0.15, 0.2) is 121 Å². The average Bonchev–Trinajstić information content (AvgIpc) is 4.10. The number of carbonyl (C=O) groups is 4. The van der Waals surface area contributed by atoms with E-state index in [2.05, 4.69) is 34.9 Å². The summed E-state index contributed by atoms with van der Waals surface area (Å²) in [6.45, 7) is 0. The van der Waals surface area contributed by atoms with Crippen LogP contribution < -0.4 is 10.6 Å². The second kappa shape index (κ2) is 17.6. The smallest absolute Gasteiger partial charge is 0.656 e. The molecule has 9 rings (SSSR count). The third kappa shape index (κ3) is 8.37. The van der Waals surface area contributed by atoms with Gasteiger partial charge in [-0.25, -0.2) is 19.2 Å². The number of hydrogen-bond donors (Lipinski definition) is 6. The molecule has 0 spiro atoms. The van der Waals surface area contributed by atoms with Crippen LogP contribution in [0.3, 0.4) is 0 Å². The van der Waals surface area contributed by atoms with E-state index in [9.17, 15) is 39.6 Å². The van der Waals surface area contributed by atoms with Crippen molar-refractivity contribution >= 4 is 23.9 Å². The van der Waals surface area contributed by atoms with Gasteiger partial charge in [0.2, 0.25) is 0 Å². The summed E-state index contributed by atoms with van der Waals surface area (Å²) >= 11 is 0. The zero-order valence-corrected chi connectivity index (χ0v) is 36.3. The molecule has 5 aliphatic heterocycles. The number of nitrogens with zero attached hydrogens (tertiary/aromatic N) is 2. The largest absolute Gasteiger partial charge is 2.00 e. The molecule has 308 valence electrons. The molecule has 0 aromatic heterocycles. The molecule has 6 N–H and O–H groups in total. The van der Waals surface area contributed by atoms with E-state index in [4.69, 9.17) is 10.6 Å². The number of fused-ring (bicyclic) bond motifs is 8. The minimum Gasteiger partial charge on any atom is -0.656 e. The van der Waals surface area contributed by atoms with Crippen molar-refractivity contribution in [1.82, 2.24) is 10.6 Å². The van der Waals surface area contributed by atoms with Crippen LogP contribution in [0.5, 0.6) is 0 Å². The summed E-state index contributed by atoms with van der Waals surface area (Å²) in [6.07, 6.45) is 12.0. The normalized spacial score (nSPS) is 31.3. The minimum atomic E-state index is -0.994. The van der Waals surface area contributed by atoms with E-state index < -0.39 is 23.9 Å². The first-order valence-corrected chi connectivity index (χ1v) is 20.6. The number of carboxylic acid groups (broad SMARTS) is 4. The van der Waals surface area contributed by atoms with Gasteiger partial charge >= 0.3 is 43.4 Å². The summed E-state index contributed by atoms with van der Waals surface area (Å²) in [5, 5.41) is 58.1. The topological polar surface area (TPSA) is 201 Å². The number of aromatic carboxylic acids is 4. The summed E-state index contributed by atoms with van der Waals surface area (Å²) < 4.78 is 0. The van der Waals surface area contributed by atoms with Crippen molar-refractivity contribution in [2.75, 3.05) is 0 Å². The molecule has 0 radical (unpaired) electrons. The molecule has 8 bridgehead atoms. The SMILES string of the molecule is O=C(O)c1ccc(C2C3CCC([N-]3)C(c3ccc(C(=O)O)cc3)C3C=CC(N3)C(c3ccc(C(=O)O)cc3)C3CCC([N-]3)C(c3ccc(C(=O)O)cc3)C3C=CC2N3)cc1.[Zn+2]. The van der Waals surface area contributed by atoms with Gasteiger partial charge in [0.15, 0.2) is 0 Å². The van der Waals surface area contributed by atoms with E-state index in [0.717, 1.165) is 47.9 Å². The third-order valence-corrected chi connectivity index (χ3v) is 13.5. The maximum Gasteiger partial charge on any atom is 2.00 e. The second-order valence-electron chi connectivity index (χ2n) is 16.7. The van der Waals surface area contributed by atoms with Crippen molar-refractivity contribution in [3.63, 3.8) is 0 Å². The Morgan fingerprint density at radius 2 is 0.574 bits per heavy atom. The van der Waals surface area contributed by atoms with Crippen molar-refractivity contribution in [3.05, 3.63) is 177 Å². The van der Waals surface area contributed by atoms with E-state index in [1.54, 1.807) is 48.5 Å². The number of hydrogen-bond acceptors (Lipinski definition) is 6. The Morgan fingerprint density at radius 1 is 0.377 bits per heavy atom. The van der Waals surface area contributed by atoms with Crippen LogP contribution >= 0.6 is 0 Å². The Labute approximate surface area is 366 Å². The average molecular weight is 872 g/mol. The molecule has 12 unspecified atom stereocenters. The molecule has 0 aliphatic carbocycles. The van der Waals surface area contributed by atoms with Gasteiger partial charge in [-0.2, -0.15) is 0 Å². The fraction of sp³-hybridized carbons (Fsp3) is 0.333. The molecule has 0 saturated carbocycles. The number of carboxylic acids is 4. The van der Waals surface area contributed by atoms with Crippen LogP contribution in [-0.4, -0.2) is 92.6 Å². The first kappa shape index (κ1) is 42.4. The molecule has 4 aromatic rings. The third-order valence-electron chi connectivity index (χ3n) is 13.5. The predicted octanol–water partition coefficient (Wildman–Crippen LogP) is 7.53. The molecule has 13 heteroatoms. The van der Waals surface area contributed by atoms with Gasteiger partial charge in [0.25, 0.3) is 0 Å². The molecule has 3 saturated heterocycles. The number of rotatable bonds is 8. The van der Waals surface area contributed by atoms with Crippen LogP contribution in [0.1, 0.15) is 113 Å². The summed E-state index contributed by atoms with van der Waals surface area (Å²) in [6, 6.07) is 27.2. The van der Waals surface area contributed by atoms with E-state index in [1.165, 1.54) is 0 Å². The Kier molecular flexibility index (Phi) is 12.2. The maximum absolute atomic E-state index is 11.9. The second-order valence-corrected chi connectivity index (χ2v) is 16.7. The quantitative estimate of drug-likeness (QED) is 0.0760. The van der Waals surface area contributed by atoms with Crippen LogP contribution in [0.4, 0.5) is 0 Å². The molecule has 3 fully saturated rings. The van der Waals surface area contributed by atoms with Crippen molar-refractivity contribution in [1.29, 1.82) is 0 Å². The van der Waals surface area contributed by atoms with Crippen molar-refractivity contribution in [2.45, 2.75) is 97.7 Å². The minimum absolute atomic E-state index is 0. The van der Waals surface area contributed by atoms with Crippen LogP contribution in [0.25, 0.3) is 10.6 Å². The molecule has 0 amide bonds. The summed E-state index contributed by atoms with van der Waals surface area (Å²) in [5.74, 6) is -4.52. The van der Waals surface area contributed by atoms with Gasteiger partial charge < -0.3 is 41.7 Å². The van der Waals surface area contributed by atoms with Gasteiger partial charge in [0.05, 0.1) is 22.3 Å². The fourth-order valence-electron chi connectivity index (χ4n) is 10.7. The van der Waals surface area contributed by atoms with Gasteiger partial charge in [-0.05, 0) is 94.5 Å². The monoisotopic (exact) mass is 870 g/mol. The standard InChI is InChI=1S/C48H46N4O8.Zn/c53-45(54)29-9-1-25(2-10-29)41-33-17-19-35(49-33)42(26-3-11-30(12-4-26)46(55)56)37-21-23-39(51-37)44(28-7-15-32(16-8-28)48(59)60)40-24-22-38(52-40)43(36-20-18-34(41)50-36)27-5-13-31(14-6-27)47(57)58;/h1-17,19,22,24,33-44,49,52H,18,20-21,23H2,(H,53,54)(H,55,56)(H,57,58)(H,59,60);/q-2;+2. The van der Waals surface area contributed by atoms with Gasteiger partial charge in [-0.3, -0.25) is 0 Å². The van der Waals surface area contributed by atoms with Crippen molar-refractivity contribution < 1.29 is 59.1 Å². The van der Waals surface area contributed by atoms with Crippen molar-refractivity contribution in [3.8, 4) is 0 Å². The van der Waals surface area contributed by atoms with Gasteiger partial charge in [0, 0.05) is 24.2 Å². The maximum atomic E-state index is 11.9. The van der Waals surface area contributed by atoms with E-state index in [0.29, 0.717) is 0 Å². The summed E-state index contributed by atoms with van der Waals surface area (Å²) in [5.41, 5.74) is 4.73. The molecule has 12 atom stereocenters. The first-order valence-electron chi connectivity index (χ1n) is 20.6. The fourth-order valence-corrected chi connectivity index (χ4v) is 10.7. The predicted molar refractivity (Wildman–Crippen MR) is 225 cm³/mol. The van der Waals surface area contributed by atoms with Gasteiger partial charge in [-0.15, -0.1) is 24.2 Å².